The van der Waals surface area contributed by atoms with Crippen molar-refractivity contribution < 1.29 is 0 Å². The predicted molar refractivity (Wildman–Crippen MR) is 141 cm³/mol. The van der Waals surface area contributed by atoms with Crippen molar-refractivity contribution in [2.24, 2.45) is 9.98 Å². The van der Waals surface area contributed by atoms with Gasteiger partial charge in [0.15, 0.2) is 0 Å². The van der Waals surface area contributed by atoms with Gasteiger partial charge >= 0.3 is 0 Å². The summed E-state index contributed by atoms with van der Waals surface area (Å²) in [6.07, 6.45) is 8.82. The molecule has 2 unspecified atom stereocenters. The van der Waals surface area contributed by atoms with Gasteiger partial charge in [0, 0.05) is 50.0 Å². The standard InChI is InChI=1S/C28H40N4/c1-5-31(6-2)25-17-13-23(14-18-25)21-29-27-11-9-10-12-28(27)30-22-24-15-19-26(20-16-24)32(7-3)8-4/h13-22,27-28H,5-12H2,1-4H3/b29-21+,30-22+. The summed E-state index contributed by atoms with van der Waals surface area (Å²) in [4.78, 5) is 14.6. The maximum absolute atomic E-state index is 4.96. The largest absolute Gasteiger partial charge is 0.372 e. The van der Waals surface area contributed by atoms with Crippen LogP contribution >= 0.6 is 0 Å². The lowest BCUT2D eigenvalue weighted by Crippen LogP contribution is -2.27. The summed E-state index contributed by atoms with van der Waals surface area (Å²) in [6.45, 7) is 12.9. The fraction of sp³-hybridized carbons (Fsp3) is 0.500. The Kier molecular flexibility index (Phi) is 9.33. The van der Waals surface area contributed by atoms with E-state index in [0.29, 0.717) is 0 Å². The zero-order chi connectivity index (χ0) is 22.8. The lowest BCUT2D eigenvalue weighted by Gasteiger charge is -2.25. The number of benzene rings is 2. The van der Waals surface area contributed by atoms with Gasteiger partial charge in [-0.2, -0.15) is 0 Å². The second kappa shape index (κ2) is 12.4. The average molecular weight is 433 g/mol. The molecule has 0 aromatic heterocycles. The van der Waals surface area contributed by atoms with E-state index >= 15 is 0 Å². The number of hydrogen-bond donors (Lipinski definition) is 0. The first kappa shape index (κ1) is 24.0. The Labute approximate surface area is 195 Å². The van der Waals surface area contributed by atoms with Gasteiger partial charge in [0.05, 0.1) is 12.1 Å². The molecule has 172 valence electrons. The molecule has 1 aliphatic carbocycles. The lowest BCUT2D eigenvalue weighted by molar-refractivity contribution is 0.390. The molecule has 4 nitrogen and oxygen atoms in total. The second-order valence-corrected chi connectivity index (χ2v) is 8.50. The molecule has 2 atom stereocenters. The predicted octanol–water partition coefficient (Wildman–Crippen LogP) is 6.23. The van der Waals surface area contributed by atoms with Crippen LogP contribution in [-0.4, -0.2) is 50.7 Å². The highest BCUT2D eigenvalue weighted by Gasteiger charge is 2.23. The first-order chi connectivity index (χ1) is 15.7. The van der Waals surface area contributed by atoms with Crippen LogP contribution in [0.5, 0.6) is 0 Å². The molecule has 0 spiro atoms. The molecule has 3 rings (SSSR count). The molecule has 0 N–H and O–H groups in total. The molecule has 0 saturated heterocycles. The molecular weight excluding hydrogens is 392 g/mol. The summed E-state index contributed by atoms with van der Waals surface area (Å²) >= 11 is 0. The molecule has 32 heavy (non-hydrogen) atoms. The van der Waals surface area contributed by atoms with Crippen LogP contribution in [0, 0.1) is 0 Å². The van der Waals surface area contributed by atoms with Crippen LogP contribution in [-0.2, 0) is 0 Å². The van der Waals surface area contributed by atoms with E-state index in [4.69, 9.17) is 9.98 Å². The summed E-state index contributed by atoms with van der Waals surface area (Å²) in [5.74, 6) is 0. The third-order valence-corrected chi connectivity index (χ3v) is 6.57. The number of rotatable bonds is 10. The van der Waals surface area contributed by atoms with Gasteiger partial charge in [-0.1, -0.05) is 37.1 Å². The van der Waals surface area contributed by atoms with Crippen molar-refractivity contribution in [1.82, 2.24) is 0 Å². The number of hydrogen-bond acceptors (Lipinski definition) is 4. The number of aliphatic imine (C=N–C) groups is 2. The van der Waals surface area contributed by atoms with E-state index in [1.165, 1.54) is 35.3 Å². The van der Waals surface area contributed by atoms with Crippen molar-refractivity contribution in [2.45, 2.75) is 65.5 Å². The Balaban J connectivity index is 1.64. The molecule has 0 radical (unpaired) electrons. The quantitative estimate of drug-likeness (QED) is 0.417. The minimum Gasteiger partial charge on any atom is -0.372 e. The Hall–Kier alpha value is -2.62. The lowest BCUT2D eigenvalue weighted by atomic mass is 9.91. The molecule has 0 heterocycles. The number of anilines is 2. The first-order valence-corrected chi connectivity index (χ1v) is 12.4. The van der Waals surface area contributed by atoms with E-state index in [1.54, 1.807) is 0 Å². The minimum absolute atomic E-state index is 0.275. The molecule has 4 heteroatoms. The SMILES string of the molecule is CCN(CC)c1ccc(/C=N/C2CCCCC2/N=C/c2ccc(N(CC)CC)cc2)cc1. The Morgan fingerprint density at radius 3 is 1.28 bits per heavy atom. The number of nitrogens with zero attached hydrogens (tertiary/aromatic N) is 4. The Bertz CT molecular complexity index is 773. The van der Waals surface area contributed by atoms with E-state index in [1.807, 2.05) is 12.4 Å². The van der Waals surface area contributed by atoms with Crippen LogP contribution < -0.4 is 9.80 Å². The fourth-order valence-electron chi connectivity index (χ4n) is 4.52. The van der Waals surface area contributed by atoms with Crippen LogP contribution in [0.25, 0.3) is 0 Å². The zero-order valence-electron chi connectivity index (χ0n) is 20.4. The van der Waals surface area contributed by atoms with Gasteiger partial charge in [-0.05, 0) is 75.9 Å². The van der Waals surface area contributed by atoms with Crippen molar-refractivity contribution in [2.75, 3.05) is 36.0 Å². The van der Waals surface area contributed by atoms with E-state index in [-0.39, 0.29) is 12.1 Å². The van der Waals surface area contributed by atoms with Gasteiger partial charge in [-0.3, -0.25) is 9.98 Å². The van der Waals surface area contributed by atoms with Crippen LogP contribution in [0.2, 0.25) is 0 Å². The van der Waals surface area contributed by atoms with Crippen LogP contribution in [0.4, 0.5) is 11.4 Å². The van der Waals surface area contributed by atoms with Crippen molar-refractivity contribution in [3.63, 3.8) is 0 Å². The Morgan fingerprint density at radius 2 is 0.969 bits per heavy atom. The maximum atomic E-state index is 4.96. The van der Waals surface area contributed by atoms with Crippen LogP contribution in [0.3, 0.4) is 0 Å². The maximum Gasteiger partial charge on any atom is 0.0723 e. The molecule has 0 amide bonds. The molecule has 0 aliphatic heterocycles. The second-order valence-electron chi connectivity index (χ2n) is 8.50. The van der Waals surface area contributed by atoms with Gasteiger partial charge in [0.1, 0.15) is 0 Å². The molecule has 2 aromatic carbocycles. The highest BCUT2D eigenvalue weighted by atomic mass is 15.1. The van der Waals surface area contributed by atoms with E-state index in [2.05, 4.69) is 86.0 Å². The van der Waals surface area contributed by atoms with E-state index in [9.17, 15) is 0 Å². The summed E-state index contributed by atoms with van der Waals surface area (Å²) in [5.41, 5.74) is 4.89. The highest BCUT2D eigenvalue weighted by Crippen LogP contribution is 2.24. The third kappa shape index (κ3) is 6.44. The van der Waals surface area contributed by atoms with Gasteiger partial charge in [-0.15, -0.1) is 0 Å². The molecule has 2 aromatic rings. The molecule has 1 aliphatic rings. The van der Waals surface area contributed by atoms with E-state index < -0.39 is 0 Å². The third-order valence-electron chi connectivity index (χ3n) is 6.57. The van der Waals surface area contributed by atoms with Crippen molar-refractivity contribution in [1.29, 1.82) is 0 Å². The summed E-state index contributed by atoms with van der Waals surface area (Å²) in [5, 5.41) is 0. The van der Waals surface area contributed by atoms with Crippen molar-refractivity contribution in [3.05, 3.63) is 59.7 Å². The first-order valence-electron chi connectivity index (χ1n) is 12.4. The smallest absolute Gasteiger partial charge is 0.0723 e. The molecule has 1 fully saturated rings. The van der Waals surface area contributed by atoms with Crippen LogP contribution in [0.15, 0.2) is 58.5 Å². The summed E-state index contributed by atoms with van der Waals surface area (Å²) < 4.78 is 0. The van der Waals surface area contributed by atoms with Gasteiger partial charge in [0.2, 0.25) is 0 Å². The fourth-order valence-corrected chi connectivity index (χ4v) is 4.52. The zero-order valence-corrected chi connectivity index (χ0v) is 20.4. The topological polar surface area (TPSA) is 31.2 Å². The summed E-state index contributed by atoms with van der Waals surface area (Å²) in [6, 6.07) is 18.1. The highest BCUT2D eigenvalue weighted by molar-refractivity contribution is 5.81. The van der Waals surface area contributed by atoms with Gasteiger partial charge in [-0.25, -0.2) is 0 Å². The summed E-state index contributed by atoms with van der Waals surface area (Å²) in [7, 11) is 0. The average Bonchev–Trinajstić information content (AvgIpc) is 2.85. The monoisotopic (exact) mass is 432 g/mol. The van der Waals surface area contributed by atoms with Gasteiger partial charge in [0.25, 0.3) is 0 Å². The van der Waals surface area contributed by atoms with Crippen molar-refractivity contribution >= 4 is 23.8 Å². The minimum atomic E-state index is 0.275. The molecule has 0 bridgehead atoms. The normalized spacial score (nSPS) is 19.0. The van der Waals surface area contributed by atoms with Crippen molar-refractivity contribution in [3.8, 4) is 0 Å². The molecule has 1 saturated carbocycles. The van der Waals surface area contributed by atoms with Crippen LogP contribution in [0.1, 0.15) is 64.5 Å². The molecular formula is C28H40N4. The van der Waals surface area contributed by atoms with E-state index in [0.717, 1.165) is 39.0 Å². The van der Waals surface area contributed by atoms with Gasteiger partial charge < -0.3 is 9.80 Å². The Morgan fingerprint density at radius 1 is 0.625 bits per heavy atom.